The van der Waals surface area contributed by atoms with E-state index in [-0.39, 0.29) is 6.10 Å². The predicted octanol–water partition coefficient (Wildman–Crippen LogP) is 2.06. The summed E-state index contributed by atoms with van der Waals surface area (Å²) in [6, 6.07) is 1.75. The number of hydrogen-bond acceptors (Lipinski definition) is 4. The van der Waals surface area contributed by atoms with Gasteiger partial charge in [0.2, 0.25) is 0 Å². The minimum atomic E-state index is -0.407. The van der Waals surface area contributed by atoms with E-state index in [2.05, 4.69) is 26.0 Å². The van der Waals surface area contributed by atoms with E-state index in [0.29, 0.717) is 11.2 Å². The number of ether oxygens (including phenoxy) is 1. The molecule has 0 atom stereocenters. The third kappa shape index (κ3) is 1.92. The van der Waals surface area contributed by atoms with Crippen molar-refractivity contribution in [3.63, 3.8) is 0 Å². The fourth-order valence-corrected chi connectivity index (χ4v) is 1.66. The van der Waals surface area contributed by atoms with Crippen LogP contribution in [0.2, 0.25) is 0 Å². The Balaban J connectivity index is 2.46. The molecule has 2 heterocycles. The third-order valence-electron chi connectivity index (χ3n) is 1.92. The molecule has 0 amide bonds. The van der Waals surface area contributed by atoms with Gasteiger partial charge in [-0.3, -0.25) is 0 Å². The Kier molecular flexibility index (Phi) is 2.91. The Bertz CT molecular complexity index is 536. The van der Waals surface area contributed by atoms with Crippen LogP contribution in [0.1, 0.15) is 24.2 Å². The highest BCUT2D eigenvalue weighted by molar-refractivity contribution is 9.10. The number of nitrogens with zero attached hydrogens (tertiary/aromatic N) is 3. The van der Waals surface area contributed by atoms with Crippen molar-refractivity contribution in [2.75, 3.05) is 0 Å². The van der Waals surface area contributed by atoms with Gasteiger partial charge in [0.15, 0.2) is 5.65 Å². The molecule has 0 saturated carbocycles. The molecular weight excluding hydrogens is 274 g/mol. The summed E-state index contributed by atoms with van der Waals surface area (Å²) >= 11 is 3.32. The lowest BCUT2D eigenvalue weighted by Gasteiger charge is -2.05. The van der Waals surface area contributed by atoms with Gasteiger partial charge in [0.25, 0.3) is 0 Å². The first-order valence-electron chi connectivity index (χ1n) is 4.79. The standard InChI is InChI=1S/C10H10BrN3O2/c1-6(2)16-10(15)7-5-13-14-8(11)3-4-12-9(7)14/h3-6H,1-2H3. The maximum Gasteiger partial charge on any atom is 0.343 e. The first kappa shape index (κ1) is 11.1. The van der Waals surface area contributed by atoms with Crippen LogP contribution in [0.3, 0.4) is 0 Å². The molecule has 0 spiro atoms. The van der Waals surface area contributed by atoms with Gasteiger partial charge in [-0.15, -0.1) is 0 Å². The van der Waals surface area contributed by atoms with Gasteiger partial charge in [0, 0.05) is 6.20 Å². The summed E-state index contributed by atoms with van der Waals surface area (Å²) in [5.41, 5.74) is 0.857. The summed E-state index contributed by atoms with van der Waals surface area (Å²) in [4.78, 5) is 15.8. The fourth-order valence-electron chi connectivity index (χ4n) is 1.28. The largest absolute Gasteiger partial charge is 0.459 e. The monoisotopic (exact) mass is 283 g/mol. The van der Waals surface area contributed by atoms with Crippen LogP contribution in [-0.2, 0) is 4.74 Å². The Morgan fingerprint density at radius 1 is 1.56 bits per heavy atom. The van der Waals surface area contributed by atoms with E-state index in [0.717, 1.165) is 4.60 Å². The molecule has 0 aliphatic rings. The summed E-state index contributed by atoms with van der Waals surface area (Å²) < 4.78 is 7.37. The van der Waals surface area contributed by atoms with Gasteiger partial charge >= 0.3 is 5.97 Å². The minimum absolute atomic E-state index is 0.158. The van der Waals surface area contributed by atoms with Crippen molar-refractivity contribution in [1.82, 2.24) is 14.6 Å². The first-order chi connectivity index (χ1) is 7.59. The summed E-state index contributed by atoms with van der Waals surface area (Å²) in [7, 11) is 0. The molecular formula is C10H10BrN3O2. The van der Waals surface area contributed by atoms with Gasteiger partial charge < -0.3 is 4.74 Å². The van der Waals surface area contributed by atoms with Gasteiger partial charge in [-0.1, -0.05) is 0 Å². The highest BCUT2D eigenvalue weighted by Crippen LogP contribution is 2.15. The minimum Gasteiger partial charge on any atom is -0.459 e. The van der Waals surface area contributed by atoms with Crippen LogP contribution < -0.4 is 0 Å². The molecule has 84 valence electrons. The number of hydrogen-bond donors (Lipinski definition) is 0. The molecule has 0 aliphatic carbocycles. The number of carbonyl (C=O) groups excluding carboxylic acids is 1. The predicted molar refractivity (Wildman–Crippen MR) is 61.2 cm³/mol. The number of fused-ring (bicyclic) bond motifs is 1. The van der Waals surface area contributed by atoms with E-state index in [1.807, 2.05) is 0 Å². The van der Waals surface area contributed by atoms with Gasteiger partial charge in [-0.2, -0.15) is 5.10 Å². The maximum absolute atomic E-state index is 11.7. The van der Waals surface area contributed by atoms with E-state index >= 15 is 0 Å². The van der Waals surface area contributed by atoms with Crippen molar-refractivity contribution < 1.29 is 9.53 Å². The van der Waals surface area contributed by atoms with E-state index < -0.39 is 5.97 Å². The molecule has 0 radical (unpaired) electrons. The normalized spacial score (nSPS) is 11.0. The van der Waals surface area contributed by atoms with Crippen LogP contribution in [0.15, 0.2) is 23.1 Å². The van der Waals surface area contributed by atoms with E-state index in [1.54, 1.807) is 26.1 Å². The van der Waals surface area contributed by atoms with Crippen LogP contribution >= 0.6 is 15.9 Å². The topological polar surface area (TPSA) is 56.5 Å². The van der Waals surface area contributed by atoms with Crippen LogP contribution in [-0.4, -0.2) is 26.7 Å². The second-order valence-corrected chi connectivity index (χ2v) is 4.33. The lowest BCUT2D eigenvalue weighted by molar-refractivity contribution is 0.0380. The van der Waals surface area contributed by atoms with E-state index in [4.69, 9.17) is 4.74 Å². The Morgan fingerprint density at radius 3 is 3.00 bits per heavy atom. The SMILES string of the molecule is CC(C)OC(=O)c1cnn2c(Br)ccnc12. The molecule has 0 unspecified atom stereocenters. The number of aromatic nitrogens is 3. The van der Waals surface area contributed by atoms with Crippen LogP contribution in [0.5, 0.6) is 0 Å². The molecule has 5 nitrogen and oxygen atoms in total. The Morgan fingerprint density at radius 2 is 2.31 bits per heavy atom. The maximum atomic E-state index is 11.7. The number of carbonyl (C=O) groups is 1. The summed E-state index contributed by atoms with van der Waals surface area (Å²) in [5, 5.41) is 4.05. The second kappa shape index (κ2) is 4.21. The van der Waals surface area contributed by atoms with Crippen LogP contribution in [0, 0.1) is 0 Å². The molecule has 0 bridgehead atoms. The summed E-state index contributed by atoms with van der Waals surface area (Å²) in [5.74, 6) is -0.407. The van der Waals surface area contributed by atoms with E-state index in [9.17, 15) is 4.79 Å². The summed E-state index contributed by atoms with van der Waals surface area (Å²) in [6.07, 6.45) is 2.90. The Hall–Kier alpha value is -1.43. The van der Waals surface area contributed by atoms with Crippen molar-refractivity contribution >= 4 is 27.5 Å². The molecule has 2 aromatic heterocycles. The van der Waals surface area contributed by atoms with Crippen LogP contribution in [0.4, 0.5) is 0 Å². The zero-order valence-corrected chi connectivity index (χ0v) is 10.4. The fraction of sp³-hybridized carbons (Fsp3) is 0.300. The van der Waals surface area contributed by atoms with E-state index in [1.165, 1.54) is 10.7 Å². The first-order valence-corrected chi connectivity index (χ1v) is 5.58. The lowest BCUT2D eigenvalue weighted by Crippen LogP contribution is -2.11. The zero-order chi connectivity index (χ0) is 11.7. The molecule has 2 aromatic rings. The Labute approximate surface area is 101 Å². The number of rotatable bonds is 2. The average Bonchev–Trinajstić information content (AvgIpc) is 2.61. The van der Waals surface area contributed by atoms with Crippen molar-refractivity contribution in [1.29, 1.82) is 0 Å². The van der Waals surface area contributed by atoms with Crippen molar-refractivity contribution in [2.24, 2.45) is 0 Å². The third-order valence-corrected chi connectivity index (χ3v) is 2.52. The molecule has 16 heavy (non-hydrogen) atoms. The molecule has 0 saturated heterocycles. The molecule has 0 aliphatic heterocycles. The molecule has 0 N–H and O–H groups in total. The highest BCUT2D eigenvalue weighted by atomic mass is 79.9. The second-order valence-electron chi connectivity index (χ2n) is 3.52. The van der Waals surface area contributed by atoms with Gasteiger partial charge in [-0.25, -0.2) is 14.3 Å². The molecule has 0 fully saturated rings. The van der Waals surface area contributed by atoms with Crippen molar-refractivity contribution in [3.8, 4) is 0 Å². The highest BCUT2D eigenvalue weighted by Gasteiger charge is 2.17. The number of halogens is 1. The zero-order valence-electron chi connectivity index (χ0n) is 8.85. The van der Waals surface area contributed by atoms with Gasteiger partial charge in [0.05, 0.1) is 12.3 Å². The smallest absolute Gasteiger partial charge is 0.343 e. The van der Waals surface area contributed by atoms with Crippen molar-refractivity contribution in [2.45, 2.75) is 20.0 Å². The number of esters is 1. The lowest BCUT2D eigenvalue weighted by atomic mass is 10.3. The molecule has 0 aromatic carbocycles. The van der Waals surface area contributed by atoms with Gasteiger partial charge in [0.1, 0.15) is 10.2 Å². The summed E-state index contributed by atoms with van der Waals surface area (Å²) in [6.45, 7) is 3.60. The van der Waals surface area contributed by atoms with Gasteiger partial charge in [-0.05, 0) is 35.8 Å². The molecule has 2 rings (SSSR count). The van der Waals surface area contributed by atoms with Crippen LogP contribution in [0.25, 0.3) is 5.65 Å². The molecule has 6 heteroatoms. The quantitative estimate of drug-likeness (QED) is 0.625. The average molecular weight is 284 g/mol. The van der Waals surface area contributed by atoms with Crippen molar-refractivity contribution in [3.05, 3.63) is 28.6 Å².